The Balaban J connectivity index is 2.41. The molecule has 0 saturated carbocycles. The van der Waals surface area contributed by atoms with E-state index in [1.165, 1.54) is 0 Å². The molecule has 0 radical (unpaired) electrons. The van der Waals surface area contributed by atoms with Crippen molar-refractivity contribution >= 4 is 5.91 Å². The number of rotatable bonds is 4. The third kappa shape index (κ3) is 2.64. The first-order valence-corrected chi connectivity index (χ1v) is 4.94. The predicted octanol–water partition coefficient (Wildman–Crippen LogP) is 1.31. The van der Waals surface area contributed by atoms with Crippen molar-refractivity contribution < 1.29 is 22.7 Å². The summed E-state index contributed by atoms with van der Waals surface area (Å²) < 4.78 is 41.7. The molecule has 0 unspecified atom stereocenters. The van der Waals surface area contributed by atoms with Gasteiger partial charge in [-0.2, -0.15) is 24.2 Å². The standard InChI is InChI=1S/C10H7F3N4O2/c11-6-3-4(19-10(12)13)1-2-5(6)7-8(9(14)18)16-17-15-7/h1-3,10H,(H2,14,18)(H,15,16,17). The van der Waals surface area contributed by atoms with Crippen LogP contribution in [0.25, 0.3) is 11.3 Å². The second-order valence-electron chi connectivity index (χ2n) is 3.41. The van der Waals surface area contributed by atoms with Gasteiger partial charge in [-0.25, -0.2) is 4.39 Å². The maximum atomic E-state index is 13.7. The van der Waals surface area contributed by atoms with Crippen molar-refractivity contribution in [2.75, 3.05) is 0 Å². The van der Waals surface area contributed by atoms with Crippen LogP contribution in [0.15, 0.2) is 18.2 Å². The molecule has 1 heterocycles. The number of amides is 1. The molecular formula is C10H7F3N4O2. The SMILES string of the molecule is NC(=O)c1n[nH]nc1-c1ccc(OC(F)F)cc1F. The average molecular weight is 272 g/mol. The zero-order valence-electron chi connectivity index (χ0n) is 9.23. The number of primary amides is 1. The van der Waals surface area contributed by atoms with E-state index in [4.69, 9.17) is 5.73 Å². The number of alkyl halides is 2. The maximum Gasteiger partial charge on any atom is 0.387 e. The monoisotopic (exact) mass is 272 g/mol. The third-order valence-corrected chi connectivity index (χ3v) is 2.20. The molecule has 0 spiro atoms. The third-order valence-electron chi connectivity index (χ3n) is 2.20. The van der Waals surface area contributed by atoms with E-state index >= 15 is 0 Å². The summed E-state index contributed by atoms with van der Waals surface area (Å²) in [5.41, 5.74) is 4.58. The molecule has 2 rings (SSSR count). The Labute approximate surface area is 104 Å². The van der Waals surface area contributed by atoms with Crippen molar-refractivity contribution in [1.82, 2.24) is 15.4 Å². The van der Waals surface area contributed by atoms with Gasteiger partial charge in [0.25, 0.3) is 5.91 Å². The van der Waals surface area contributed by atoms with E-state index in [0.717, 1.165) is 18.2 Å². The molecule has 9 heteroatoms. The molecule has 0 aliphatic heterocycles. The largest absolute Gasteiger partial charge is 0.435 e. The highest BCUT2D eigenvalue weighted by Gasteiger charge is 2.19. The van der Waals surface area contributed by atoms with Gasteiger partial charge in [0, 0.05) is 11.6 Å². The number of hydrogen-bond acceptors (Lipinski definition) is 4. The summed E-state index contributed by atoms with van der Waals surface area (Å²) in [4.78, 5) is 11.0. The van der Waals surface area contributed by atoms with Gasteiger partial charge in [0.2, 0.25) is 0 Å². The first-order chi connectivity index (χ1) is 8.99. The molecular weight excluding hydrogens is 265 g/mol. The van der Waals surface area contributed by atoms with E-state index in [0.29, 0.717) is 0 Å². The van der Waals surface area contributed by atoms with Gasteiger partial charge in [0.05, 0.1) is 0 Å². The number of carbonyl (C=O) groups excluding carboxylic acids is 1. The normalized spacial score (nSPS) is 10.7. The molecule has 0 fully saturated rings. The van der Waals surface area contributed by atoms with Crippen LogP contribution < -0.4 is 10.5 Å². The van der Waals surface area contributed by atoms with Crippen molar-refractivity contribution in [3.8, 4) is 17.0 Å². The number of benzene rings is 1. The highest BCUT2D eigenvalue weighted by molar-refractivity contribution is 5.96. The summed E-state index contributed by atoms with van der Waals surface area (Å²) in [6.07, 6.45) is 0. The number of nitrogens with one attached hydrogen (secondary N) is 1. The maximum absolute atomic E-state index is 13.7. The van der Waals surface area contributed by atoms with Crippen LogP contribution in [0.3, 0.4) is 0 Å². The summed E-state index contributed by atoms with van der Waals surface area (Å²) in [6, 6.07) is 3.00. The van der Waals surface area contributed by atoms with Crippen LogP contribution in [0.4, 0.5) is 13.2 Å². The first-order valence-electron chi connectivity index (χ1n) is 4.94. The van der Waals surface area contributed by atoms with Crippen molar-refractivity contribution in [3.05, 3.63) is 29.7 Å². The lowest BCUT2D eigenvalue weighted by molar-refractivity contribution is -0.0499. The molecule has 19 heavy (non-hydrogen) atoms. The summed E-state index contributed by atoms with van der Waals surface area (Å²) in [5, 5.41) is 9.20. The second-order valence-corrected chi connectivity index (χ2v) is 3.41. The Hall–Kier alpha value is -2.58. The van der Waals surface area contributed by atoms with E-state index in [-0.39, 0.29) is 22.7 Å². The van der Waals surface area contributed by atoms with Gasteiger partial charge >= 0.3 is 6.61 Å². The Morgan fingerprint density at radius 3 is 2.68 bits per heavy atom. The number of halogens is 3. The topological polar surface area (TPSA) is 93.9 Å². The summed E-state index contributed by atoms with van der Waals surface area (Å²) in [6.45, 7) is -3.06. The molecule has 1 aromatic heterocycles. The molecule has 1 aromatic carbocycles. The number of nitrogens with two attached hydrogens (primary N) is 1. The van der Waals surface area contributed by atoms with Gasteiger partial charge in [-0.3, -0.25) is 4.79 Å². The van der Waals surface area contributed by atoms with E-state index < -0.39 is 18.3 Å². The average Bonchev–Trinajstić information content (AvgIpc) is 2.77. The fourth-order valence-corrected chi connectivity index (χ4v) is 1.45. The Morgan fingerprint density at radius 1 is 1.37 bits per heavy atom. The van der Waals surface area contributed by atoms with Crippen LogP contribution in [0.1, 0.15) is 10.5 Å². The van der Waals surface area contributed by atoms with E-state index in [9.17, 15) is 18.0 Å². The second kappa shape index (κ2) is 4.96. The minimum absolute atomic E-state index is 0.103. The minimum Gasteiger partial charge on any atom is -0.435 e. The van der Waals surface area contributed by atoms with Gasteiger partial charge in [-0.1, -0.05) is 0 Å². The highest BCUT2D eigenvalue weighted by atomic mass is 19.3. The zero-order chi connectivity index (χ0) is 14.0. The lowest BCUT2D eigenvalue weighted by Crippen LogP contribution is -2.13. The highest BCUT2D eigenvalue weighted by Crippen LogP contribution is 2.26. The lowest BCUT2D eigenvalue weighted by Gasteiger charge is -2.06. The molecule has 0 atom stereocenters. The quantitative estimate of drug-likeness (QED) is 0.877. The predicted molar refractivity (Wildman–Crippen MR) is 56.9 cm³/mol. The van der Waals surface area contributed by atoms with Crippen LogP contribution in [-0.2, 0) is 0 Å². The zero-order valence-corrected chi connectivity index (χ0v) is 9.23. The summed E-state index contributed by atoms with van der Waals surface area (Å²) >= 11 is 0. The molecule has 100 valence electrons. The Kier molecular flexibility index (Phi) is 3.36. The lowest BCUT2D eigenvalue weighted by atomic mass is 10.1. The van der Waals surface area contributed by atoms with Crippen LogP contribution in [0.5, 0.6) is 5.75 Å². The van der Waals surface area contributed by atoms with E-state index in [2.05, 4.69) is 20.1 Å². The number of H-pyrrole nitrogens is 1. The number of aromatic amines is 1. The minimum atomic E-state index is -3.06. The van der Waals surface area contributed by atoms with Crippen molar-refractivity contribution in [3.63, 3.8) is 0 Å². The fourth-order valence-electron chi connectivity index (χ4n) is 1.45. The molecule has 3 N–H and O–H groups in total. The number of nitrogens with zero attached hydrogens (tertiary/aromatic N) is 2. The van der Waals surface area contributed by atoms with Gasteiger partial charge in [0.1, 0.15) is 17.3 Å². The number of aromatic nitrogens is 3. The van der Waals surface area contributed by atoms with E-state index in [1.54, 1.807) is 0 Å². The first kappa shape index (κ1) is 12.9. The van der Waals surface area contributed by atoms with E-state index in [1.807, 2.05) is 0 Å². The smallest absolute Gasteiger partial charge is 0.387 e. The summed E-state index contributed by atoms with van der Waals surface area (Å²) in [5.74, 6) is -2.13. The summed E-state index contributed by atoms with van der Waals surface area (Å²) in [7, 11) is 0. The van der Waals surface area contributed by atoms with Crippen LogP contribution >= 0.6 is 0 Å². The number of ether oxygens (including phenoxy) is 1. The van der Waals surface area contributed by atoms with Crippen LogP contribution in [-0.4, -0.2) is 27.9 Å². The van der Waals surface area contributed by atoms with Crippen LogP contribution in [0, 0.1) is 5.82 Å². The molecule has 0 aliphatic carbocycles. The molecule has 0 saturated heterocycles. The fraction of sp³-hybridized carbons (Fsp3) is 0.100. The Bertz CT molecular complexity index is 615. The number of carbonyl (C=O) groups is 1. The Morgan fingerprint density at radius 2 is 2.11 bits per heavy atom. The molecule has 2 aromatic rings. The van der Waals surface area contributed by atoms with Gasteiger partial charge in [-0.15, -0.1) is 0 Å². The van der Waals surface area contributed by atoms with Crippen LogP contribution in [0.2, 0.25) is 0 Å². The van der Waals surface area contributed by atoms with Crippen molar-refractivity contribution in [2.24, 2.45) is 5.73 Å². The van der Waals surface area contributed by atoms with Crippen molar-refractivity contribution in [1.29, 1.82) is 0 Å². The van der Waals surface area contributed by atoms with Gasteiger partial charge in [0.15, 0.2) is 5.69 Å². The molecule has 6 nitrogen and oxygen atoms in total. The molecule has 1 amide bonds. The number of hydrogen-bond donors (Lipinski definition) is 2. The van der Waals surface area contributed by atoms with Gasteiger partial charge in [-0.05, 0) is 12.1 Å². The molecule has 0 aliphatic rings. The van der Waals surface area contributed by atoms with Gasteiger partial charge < -0.3 is 10.5 Å². The molecule has 0 bridgehead atoms. The van der Waals surface area contributed by atoms with Crippen molar-refractivity contribution in [2.45, 2.75) is 6.61 Å².